The number of thiophene rings is 1. The summed E-state index contributed by atoms with van der Waals surface area (Å²) < 4.78 is 0. The van der Waals surface area contributed by atoms with Crippen molar-refractivity contribution in [2.24, 2.45) is 0 Å². The lowest BCUT2D eigenvalue weighted by molar-refractivity contribution is 0.179. The van der Waals surface area contributed by atoms with Crippen LogP contribution in [0.2, 0.25) is 0 Å². The number of hydrogen-bond donors (Lipinski definition) is 1. The number of aliphatic hydroxyl groups excluding tert-OH is 1. The maximum atomic E-state index is 10.4. The van der Waals surface area contributed by atoms with E-state index in [4.69, 9.17) is 0 Å². The maximum Gasteiger partial charge on any atom is 0.0838 e. The van der Waals surface area contributed by atoms with Crippen LogP contribution in [0.5, 0.6) is 0 Å². The Morgan fingerprint density at radius 1 is 1.21 bits per heavy atom. The van der Waals surface area contributed by atoms with E-state index in [-0.39, 0.29) is 6.10 Å². The van der Waals surface area contributed by atoms with Gasteiger partial charge in [-0.15, -0.1) is 11.3 Å². The van der Waals surface area contributed by atoms with Crippen molar-refractivity contribution in [3.05, 3.63) is 57.3 Å². The number of benzene rings is 1. The minimum Gasteiger partial charge on any atom is -0.388 e. The summed E-state index contributed by atoms with van der Waals surface area (Å²) in [4.78, 5) is 2.68. The van der Waals surface area contributed by atoms with Crippen molar-refractivity contribution in [3.63, 3.8) is 0 Å². The zero-order valence-electron chi connectivity index (χ0n) is 11.3. The van der Waals surface area contributed by atoms with Crippen LogP contribution >= 0.6 is 11.3 Å². The molecule has 1 nitrogen and oxygen atoms in total. The first-order chi connectivity index (χ1) is 9.26. The molecule has 19 heavy (non-hydrogen) atoms. The van der Waals surface area contributed by atoms with Crippen LogP contribution in [0.25, 0.3) is 0 Å². The quantitative estimate of drug-likeness (QED) is 0.851. The van der Waals surface area contributed by atoms with E-state index in [0.29, 0.717) is 0 Å². The number of hydrogen-bond acceptors (Lipinski definition) is 2. The smallest absolute Gasteiger partial charge is 0.0838 e. The highest BCUT2D eigenvalue weighted by molar-refractivity contribution is 7.11. The van der Waals surface area contributed by atoms with Gasteiger partial charge >= 0.3 is 0 Å². The first-order valence-corrected chi connectivity index (χ1v) is 7.93. The molecule has 2 aromatic rings. The van der Waals surface area contributed by atoms with Crippen molar-refractivity contribution in [1.29, 1.82) is 0 Å². The van der Waals surface area contributed by atoms with Gasteiger partial charge in [0.2, 0.25) is 0 Å². The van der Waals surface area contributed by atoms with Gasteiger partial charge in [-0.25, -0.2) is 0 Å². The molecule has 1 aliphatic rings. The van der Waals surface area contributed by atoms with Crippen molar-refractivity contribution >= 4 is 11.3 Å². The number of rotatable bonds is 5. The largest absolute Gasteiger partial charge is 0.388 e. The predicted molar refractivity (Wildman–Crippen MR) is 80.8 cm³/mol. The van der Waals surface area contributed by atoms with Crippen molar-refractivity contribution in [2.45, 2.75) is 44.6 Å². The highest BCUT2D eigenvalue weighted by Gasteiger charge is 2.24. The molecule has 0 aliphatic heterocycles. The van der Waals surface area contributed by atoms with Gasteiger partial charge in [-0.2, -0.15) is 0 Å². The van der Waals surface area contributed by atoms with Gasteiger partial charge in [-0.05, 0) is 48.4 Å². The predicted octanol–water partition coefficient (Wildman–Crippen LogP) is 4.46. The third-order valence-electron chi connectivity index (χ3n) is 3.80. The van der Waals surface area contributed by atoms with Crippen LogP contribution in [0.15, 0.2) is 36.4 Å². The zero-order chi connectivity index (χ0) is 13.2. The minimum absolute atomic E-state index is 0.373. The summed E-state index contributed by atoms with van der Waals surface area (Å²) in [6.45, 7) is 2.17. The fourth-order valence-corrected chi connectivity index (χ4v) is 3.46. The van der Waals surface area contributed by atoms with Gasteiger partial charge < -0.3 is 5.11 Å². The highest BCUT2D eigenvalue weighted by Crippen LogP contribution is 2.40. The lowest BCUT2D eigenvalue weighted by Crippen LogP contribution is -2.01. The van der Waals surface area contributed by atoms with E-state index < -0.39 is 0 Å². The second kappa shape index (κ2) is 5.48. The Kier molecular flexibility index (Phi) is 3.72. The summed E-state index contributed by atoms with van der Waals surface area (Å²) in [5.74, 6) is 0.751. The Morgan fingerprint density at radius 3 is 2.68 bits per heavy atom. The fraction of sp³-hybridized carbons (Fsp3) is 0.412. The molecule has 100 valence electrons. The van der Waals surface area contributed by atoms with Crippen molar-refractivity contribution in [3.8, 4) is 0 Å². The topological polar surface area (TPSA) is 20.2 Å². The zero-order valence-corrected chi connectivity index (χ0v) is 12.1. The molecular formula is C17H20OS. The SMILES string of the molecule is CCc1ccc(CC(O)c2cccc(C3CC3)c2)s1. The average molecular weight is 272 g/mol. The second-order valence-corrected chi connectivity index (χ2v) is 6.64. The number of aryl methyl sites for hydroxylation is 1. The third-order valence-corrected chi connectivity index (χ3v) is 5.06. The van der Waals surface area contributed by atoms with Crippen LogP contribution in [-0.4, -0.2) is 5.11 Å². The van der Waals surface area contributed by atoms with Crippen LogP contribution in [0.3, 0.4) is 0 Å². The van der Waals surface area contributed by atoms with Gasteiger partial charge in [0.25, 0.3) is 0 Å². The van der Waals surface area contributed by atoms with Gasteiger partial charge in [0.15, 0.2) is 0 Å². The Labute approximate surface area is 118 Å². The lowest BCUT2D eigenvalue weighted by Gasteiger charge is -2.11. The van der Waals surface area contributed by atoms with Crippen LogP contribution in [0.4, 0.5) is 0 Å². The van der Waals surface area contributed by atoms with Gasteiger partial charge in [0.1, 0.15) is 0 Å². The average Bonchev–Trinajstić information content (AvgIpc) is 3.20. The highest BCUT2D eigenvalue weighted by atomic mass is 32.1. The van der Waals surface area contributed by atoms with E-state index in [0.717, 1.165) is 24.3 Å². The maximum absolute atomic E-state index is 10.4. The molecule has 0 bridgehead atoms. The first-order valence-electron chi connectivity index (χ1n) is 7.11. The van der Waals surface area contributed by atoms with Crippen molar-refractivity contribution < 1.29 is 5.11 Å². The molecule has 3 rings (SSSR count). The van der Waals surface area contributed by atoms with Gasteiger partial charge in [-0.1, -0.05) is 31.2 Å². The monoisotopic (exact) mass is 272 g/mol. The van der Waals surface area contributed by atoms with Crippen molar-refractivity contribution in [1.82, 2.24) is 0 Å². The lowest BCUT2D eigenvalue weighted by atomic mass is 10.0. The summed E-state index contributed by atoms with van der Waals surface area (Å²) in [6, 6.07) is 12.8. The Morgan fingerprint density at radius 2 is 2.00 bits per heavy atom. The normalized spacial score (nSPS) is 16.5. The van der Waals surface area contributed by atoms with Gasteiger partial charge in [0.05, 0.1) is 6.10 Å². The van der Waals surface area contributed by atoms with Crippen LogP contribution in [-0.2, 0) is 12.8 Å². The molecule has 1 heterocycles. The second-order valence-electron chi connectivity index (χ2n) is 5.39. The molecule has 1 aromatic heterocycles. The molecule has 1 fully saturated rings. The number of aliphatic hydroxyl groups is 1. The van der Waals surface area contributed by atoms with E-state index in [1.807, 2.05) is 17.4 Å². The van der Waals surface area contributed by atoms with E-state index in [1.54, 1.807) is 0 Å². The molecule has 1 aliphatic carbocycles. The molecule has 1 saturated carbocycles. The molecule has 1 aromatic carbocycles. The van der Waals surface area contributed by atoms with Gasteiger partial charge in [0, 0.05) is 16.2 Å². The van der Waals surface area contributed by atoms with Crippen LogP contribution in [0.1, 0.15) is 52.7 Å². The van der Waals surface area contributed by atoms with E-state index >= 15 is 0 Å². The van der Waals surface area contributed by atoms with Crippen LogP contribution < -0.4 is 0 Å². The summed E-state index contributed by atoms with van der Waals surface area (Å²) in [6.07, 6.45) is 4.06. The summed E-state index contributed by atoms with van der Waals surface area (Å²) in [5.41, 5.74) is 2.47. The van der Waals surface area contributed by atoms with Crippen LogP contribution in [0, 0.1) is 0 Å². The summed E-state index contributed by atoms with van der Waals surface area (Å²) in [5, 5.41) is 10.4. The van der Waals surface area contributed by atoms with Gasteiger partial charge in [-0.3, -0.25) is 0 Å². The molecule has 1 N–H and O–H groups in total. The Balaban J connectivity index is 1.72. The molecule has 0 radical (unpaired) electrons. The summed E-state index contributed by atoms with van der Waals surface area (Å²) >= 11 is 1.82. The first kappa shape index (κ1) is 12.9. The van der Waals surface area contributed by atoms with E-state index in [1.165, 1.54) is 28.2 Å². The molecule has 0 spiro atoms. The Bertz CT molecular complexity index is 554. The molecule has 0 saturated heterocycles. The molecule has 0 amide bonds. The van der Waals surface area contributed by atoms with E-state index in [9.17, 15) is 5.11 Å². The molecular weight excluding hydrogens is 252 g/mol. The molecule has 1 atom stereocenters. The third kappa shape index (κ3) is 3.07. The Hall–Kier alpha value is -1.12. The fourth-order valence-electron chi connectivity index (χ4n) is 2.47. The van der Waals surface area contributed by atoms with Crippen molar-refractivity contribution in [2.75, 3.05) is 0 Å². The standard InChI is InChI=1S/C17H20OS/c1-2-15-8-9-16(19-15)11-17(18)14-5-3-4-13(10-14)12-6-7-12/h3-5,8-10,12,17-18H,2,6-7,11H2,1H3. The minimum atomic E-state index is -0.373. The molecule has 2 heteroatoms. The van der Waals surface area contributed by atoms with E-state index in [2.05, 4.69) is 37.3 Å². The summed E-state index contributed by atoms with van der Waals surface area (Å²) in [7, 11) is 0. The molecule has 1 unspecified atom stereocenters.